The zero-order valence-corrected chi connectivity index (χ0v) is 12.7. The van der Waals surface area contributed by atoms with E-state index in [4.69, 9.17) is 10.7 Å². The Labute approximate surface area is 126 Å². The van der Waals surface area contributed by atoms with Gasteiger partial charge in [0.2, 0.25) is 0 Å². The third-order valence-electron chi connectivity index (χ3n) is 4.08. The van der Waals surface area contributed by atoms with Gasteiger partial charge in [-0.2, -0.15) is 0 Å². The van der Waals surface area contributed by atoms with Crippen LogP contribution in [0, 0.1) is 0 Å². The van der Waals surface area contributed by atoms with E-state index in [-0.39, 0.29) is 0 Å². The Balaban J connectivity index is 2.02. The molecule has 0 amide bonds. The van der Waals surface area contributed by atoms with Gasteiger partial charge in [0.15, 0.2) is 0 Å². The van der Waals surface area contributed by atoms with Crippen LogP contribution in [0.1, 0.15) is 43.5 Å². The quantitative estimate of drug-likeness (QED) is 0.808. The number of nitrogen functional groups attached to an aromatic ring is 1. The highest BCUT2D eigenvalue weighted by Crippen LogP contribution is 2.41. The summed E-state index contributed by atoms with van der Waals surface area (Å²) in [6.45, 7) is 6.70. The Morgan fingerprint density at radius 3 is 2.90 bits per heavy atom. The molecule has 3 rings (SSSR count). The molecule has 0 bridgehead atoms. The van der Waals surface area contributed by atoms with Crippen LogP contribution in [0.15, 0.2) is 36.9 Å². The van der Waals surface area contributed by atoms with Crippen molar-refractivity contribution in [3.63, 3.8) is 0 Å². The zero-order chi connectivity index (χ0) is 14.8. The van der Waals surface area contributed by atoms with E-state index in [1.165, 1.54) is 18.4 Å². The van der Waals surface area contributed by atoms with Crippen molar-refractivity contribution >= 4 is 5.82 Å². The number of rotatable bonds is 6. The molecular weight excluding hydrogens is 258 g/mol. The molecule has 3 nitrogen and oxygen atoms in total. The lowest BCUT2D eigenvalue weighted by Gasteiger charge is -2.06. The van der Waals surface area contributed by atoms with Gasteiger partial charge in [-0.15, -0.1) is 6.58 Å². The minimum atomic E-state index is 0.719. The second-order valence-electron chi connectivity index (χ2n) is 5.81. The topological polar surface area (TPSA) is 43.8 Å². The summed E-state index contributed by atoms with van der Waals surface area (Å²) in [5, 5.41) is 0. The normalized spacial score (nSPS) is 14.3. The fourth-order valence-corrected chi connectivity index (χ4v) is 2.83. The fraction of sp³-hybridized carbons (Fsp3) is 0.389. The second kappa shape index (κ2) is 5.76. The molecule has 0 saturated heterocycles. The fourth-order valence-electron chi connectivity index (χ4n) is 2.83. The SMILES string of the molecule is C=CCn1c(CCC)nc(-c2cccc(C3CC3)c2)c1N. The standard InChI is InChI=1S/C18H23N3/c1-3-6-16-20-17(18(19)21(16)11-4-2)15-8-5-7-14(12-15)13-9-10-13/h4-5,7-8,12-13H,2-3,6,9-11,19H2,1H3. The molecule has 1 aromatic heterocycles. The third-order valence-corrected chi connectivity index (χ3v) is 4.08. The monoisotopic (exact) mass is 281 g/mol. The Morgan fingerprint density at radius 1 is 1.43 bits per heavy atom. The molecule has 0 aliphatic heterocycles. The van der Waals surface area contributed by atoms with Crippen molar-refractivity contribution < 1.29 is 0 Å². The van der Waals surface area contributed by atoms with E-state index in [1.807, 2.05) is 6.08 Å². The van der Waals surface area contributed by atoms with Gasteiger partial charge in [0.05, 0.1) is 0 Å². The molecular formula is C18H23N3. The van der Waals surface area contributed by atoms with Gasteiger partial charge in [-0.25, -0.2) is 4.98 Å². The molecule has 3 heteroatoms. The number of hydrogen-bond acceptors (Lipinski definition) is 2. The molecule has 2 aromatic rings. The average molecular weight is 281 g/mol. The number of nitrogens with two attached hydrogens (primary N) is 1. The Kier molecular flexibility index (Phi) is 3.82. The molecule has 0 atom stereocenters. The predicted octanol–water partition coefficient (Wildman–Crippen LogP) is 4.15. The molecule has 0 spiro atoms. The number of benzene rings is 1. The first-order valence-electron chi connectivity index (χ1n) is 7.80. The molecule has 21 heavy (non-hydrogen) atoms. The number of hydrogen-bond donors (Lipinski definition) is 1. The van der Waals surface area contributed by atoms with E-state index in [9.17, 15) is 0 Å². The number of nitrogens with zero attached hydrogens (tertiary/aromatic N) is 2. The first kappa shape index (κ1) is 13.9. The van der Waals surface area contributed by atoms with Crippen molar-refractivity contribution in [2.75, 3.05) is 5.73 Å². The summed E-state index contributed by atoms with van der Waals surface area (Å²) >= 11 is 0. The van der Waals surface area contributed by atoms with Gasteiger partial charge in [-0.3, -0.25) is 0 Å². The maximum atomic E-state index is 6.35. The lowest BCUT2D eigenvalue weighted by Crippen LogP contribution is -2.05. The van der Waals surface area contributed by atoms with E-state index < -0.39 is 0 Å². The van der Waals surface area contributed by atoms with Crippen molar-refractivity contribution in [1.82, 2.24) is 9.55 Å². The molecule has 1 aliphatic carbocycles. The van der Waals surface area contributed by atoms with Crippen molar-refractivity contribution in [2.24, 2.45) is 0 Å². The molecule has 1 heterocycles. The molecule has 0 radical (unpaired) electrons. The van der Waals surface area contributed by atoms with Crippen LogP contribution in [0.2, 0.25) is 0 Å². The van der Waals surface area contributed by atoms with Crippen molar-refractivity contribution in [1.29, 1.82) is 0 Å². The first-order chi connectivity index (χ1) is 10.2. The van der Waals surface area contributed by atoms with Crippen LogP contribution in [0.25, 0.3) is 11.3 Å². The van der Waals surface area contributed by atoms with Crippen LogP contribution < -0.4 is 5.73 Å². The van der Waals surface area contributed by atoms with E-state index >= 15 is 0 Å². The number of aryl methyl sites for hydroxylation is 1. The summed E-state index contributed by atoms with van der Waals surface area (Å²) in [6.07, 6.45) is 6.51. The van der Waals surface area contributed by atoms with Gasteiger partial charge in [0, 0.05) is 18.5 Å². The maximum absolute atomic E-state index is 6.35. The molecule has 1 saturated carbocycles. The van der Waals surface area contributed by atoms with E-state index in [2.05, 4.69) is 42.3 Å². The molecule has 0 unspecified atom stereocenters. The summed E-state index contributed by atoms with van der Waals surface area (Å²) < 4.78 is 2.08. The number of imidazole rings is 1. The Bertz CT molecular complexity index is 650. The zero-order valence-electron chi connectivity index (χ0n) is 12.7. The van der Waals surface area contributed by atoms with Crippen LogP contribution in [-0.2, 0) is 13.0 Å². The largest absolute Gasteiger partial charge is 0.383 e. The highest BCUT2D eigenvalue weighted by Gasteiger charge is 2.24. The van der Waals surface area contributed by atoms with E-state index in [1.54, 1.807) is 0 Å². The number of anilines is 1. The highest BCUT2D eigenvalue weighted by molar-refractivity contribution is 5.71. The van der Waals surface area contributed by atoms with Gasteiger partial charge in [0.25, 0.3) is 0 Å². The minimum Gasteiger partial charge on any atom is -0.383 e. The smallest absolute Gasteiger partial charge is 0.132 e. The summed E-state index contributed by atoms with van der Waals surface area (Å²) in [5.41, 5.74) is 9.82. The highest BCUT2D eigenvalue weighted by atomic mass is 15.1. The Morgan fingerprint density at radius 2 is 2.24 bits per heavy atom. The summed E-state index contributed by atoms with van der Waals surface area (Å²) in [6, 6.07) is 8.70. The van der Waals surface area contributed by atoms with Crippen LogP contribution in [0.3, 0.4) is 0 Å². The van der Waals surface area contributed by atoms with Gasteiger partial charge >= 0.3 is 0 Å². The van der Waals surface area contributed by atoms with E-state index in [0.717, 1.165) is 48.2 Å². The molecule has 1 aliphatic rings. The van der Waals surface area contributed by atoms with E-state index in [0.29, 0.717) is 0 Å². The minimum absolute atomic E-state index is 0.719. The van der Waals surface area contributed by atoms with Crippen LogP contribution in [0.5, 0.6) is 0 Å². The van der Waals surface area contributed by atoms with Crippen LogP contribution >= 0.6 is 0 Å². The molecule has 1 aromatic carbocycles. The average Bonchev–Trinajstić information content (AvgIpc) is 3.29. The molecule has 1 fully saturated rings. The molecule has 110 valence electrons. The Hall–Kier alpha value is -2.03. The predicted molar refractivity (Wildman–Crippen MR) is 88.2 cm³/mol. The van der Waals surface area contributed by atoms with Gasteiger partial charge in [-0.05, 0) is 36.8 Å². The van der Waals surface area contributed by atoms with Gasteiger partial charge < -0.3 is 10.3 Å². The van der Waals surface area contributed by atoms with Gasteiger partial charge in [-0.1, -0.05) is 31.2 Å². The maximum Gasteiger partial charge on any atom is 0.132 e. The van der Waals surface area contributed by atoms with Crippen LogP contribution in [0.4, 0.5) is 5.82 Å². The summed E-state index contributed by atoms with van der Waals surface area (Å²) in [7, 11) is 0. The number of allylic oxidation sites excluding steroid dienone is 1. The lowest BCUT2D eigenvalue weighted by atomic mass is 10.1. The van der Waals surface area contributed by atoms with Crippen molar-refractivity contribution in [2.45, 2.75) is 45.1 Å². The molecule has 2 N–H and O–H groups in total. The van der Waals surface area contributed by atoms with Crippen molar-refractivity contribution in [3.05, 3.63) is 48.3 Å². The summed E-state index contributed by atoms with van der Waals surface area (Å²) in [5.74, 6) is 2.56. The second-order valence-corrected chi connectivity index (χ2v) is 5.81. The van der Waals surface area contributed by atoms with Crippen LogP contribution in [-0.4, -0.2) is 9.55 Å². The number of aromatic nitrogens is 2. The summed E-state index contributed by atoms with van der Waals surface area (Å²) in [4.78, 5) is 4.80. The first-order valence-corrected chi connectivity index (χ1v) is 7.80. The third kappa shape index (κ3) is 2.73. The lowest BCUT2D eigenvalue weighted by molar-refractivity contribution is 0.724. The van der Waals surface area contributed by atoms with Gasteiger partial charge in [0.1, 0.15) is 17.3 Å². The van der Waals surface area contributed by atoms with Crippen molar-refractivity contribution in [3.8, 4) is 11.3 Å².